The number of rotatable bonds is 5. The monoisotopic (exact) mass is 641 g/mol. The molecule has 234 valence electrons. The molecule has 0 aliphatic heterocycles. The van der Waals surface area contributed by atoms with Crippen LogP contribution >= 0.6 is 0 Å². The van der Waals surface area contributed by atoms with Gasteiger partial charge in [-0.05, 0) is 41.0 Å². The van der Waals surface area contributed by atoms with E-state index in [1.807, 2.05) is 97.1 Å². The molecule has 0 aliphatic carbocycles. The van der Waals surface area contributed by atoms with Crippen LogP contribution in [0.15, 0.2) is 173 Å². The average molecular weight is 642 g/mol. The summed E-state index contributed by atoms with van der Waals surface area (Å²) >= 11 is 0. The lowest BCUT2D eigenvalue weighted by Gasteiger charge is -2.16. The zero-order valence-corrected chi connectivity index (χ0v) is 26.7. The van der Waals surface area contributed by atoms with Gasteiger partial charge in [0.15, 0.2) is 17.5 Å². The third-order valence-corrected chi connectivity index (χ3v) is 9.37. The van der Waals surface area contributed by atoms with E-state index in [9.17, 15) is 0 Å². The number of fused-ring (bicyclic) bond motifs is 6. The summed E-state index contributed by atoms with van der Waals surface area (Å²) in [4.78, 5) is 15.4. The van der Waals surface area contributed by atoms with Crippen LogP contribution < -0.4 is 0 Å². The van der Waals surface area contributed by atoms with Gasteiger partial charge in [-0.2, -0.15) is 0 Å². The van der Waals surface area contributed by atoms with Gasteiger partial charge in [-0.3, -0.25) is 0 Å². The van der Waals surface area contributed by atoms with E-state index in [1.165, 1.54) is 0 Å². The zero-order chi connectivity index (χ0) is 33.0. The van der Waals surface area contributed by atoms with E-state index in [0.29, 0.717) is 17.5 Å². The van der Waals surface area contributed by atoms with E-state index in [1.54, 1.807) is 0 Å². The Morgan fingerprint density at radius 2 is 0.840 bits per heavy atom. The van der Waals surface area contributed by atoms with Gasteiger partial charge in [0.2, 0.25) is 0 Å². The maximum atomic E-state index is 6.58. The fourth-order valence-corrected chi connectivity index (χ4v) is 7.03. The molecule has 0 N–H and O–H groups in total. The Morgan fingerprint density at radius 3 is 1.56 bits per heavy atom. The summed E-state index contributed by atoms with van der Waals surface area (Å²) in [5.74, 6) is 1.77. The Labute approximate surface area is 287 Å². The highest BCUT2D eigenvalue weighted by atomic mass is 16.3. The number of benzene rings is 7. The Balaban J connectivity index is 1.29. The first-order chi connectivity index (χ1) is 24.8. The Bertz CT molecular complexity index is 2810. The third-order valence-electron chi connectivity index (χ3n) is 9.37. The molecule has 10 aromatic rings. The molecule has 0 amide bonds. The molecule has 0 atom stereocenters. The largest absolute Gasteiger partial charge is 0.456 e. The molecule has 10 rings (SSSR count). The first-order valence-electron chi connectivity index (χ1n) is 16.6. The summed E-state index contributed by atoms with van der Waals surface area (Å²) in [5, 5.41) is 4.31. The van der Waals surface area contributed by atoms with E-state index < -0.39 is 0 Å². The zero-order valence-electron chi connectivity index (χ0n) is 26.7. The lowest BCUT2D eigenvalue weighted by Crippen LogP contribution is -2.02. The molecule has 0 saturated carbocycles. The lowest BCUT2D eigenvalue weighted by molar-refractivity contribution is 0.669. The van der Waals surface area contributed by atoms with Crippen molar-refractivity contribution in [2.24, 2.45) is 0 Å². The summed E-state index contributed by atoms with van der Waals surface area (Å²) in [6.07, 6.45) is 0. The van der Waals surface area contributed by atoms with Gasteiger partial charge in [0.1, 0.15) is 22.3 Å². The third kappa shape index (κ3) is 4.60. The number of hydrogen-bond donors (Lipinski definition) is 0. The standard InChI is InChI=1S/C45H27N3O2/c1-3-13-28(14-4-1)43-46-44(29-15-5-2-6-16-29)48-45(47-43)41-31(30-25-26-34-32-17-7-9-23-38(32)49-40(34)27-30)19-11-20-35(41)37-22-12-21-36-33-18-8-10-24-39(33)50-42(36)37/h1-27H. The van der Waals surface area contributed by atoms with Crippen LogP contribution in [-0.2, 0) is 0 Å². The lowest BCUT2D eigenvalue weighted by atomic mass is 9.90. The van der Waals surface area contributed by atoms with Gasteiger partial charge in [0.25, 0.3) is 0 Å². The number of nitrogens with zero attached hydrogens (tertiary/aromatic N) is 3. The molecule has 0 spiro atoms. The van der Waals surface area contributed by atoms with Crippen LogP contribution in [-0.4, -0.2) is 15.0 Å². The molecule has 0 bridgehead atoms. The summed E-state index contributed by atoms with van der Waals surface area (Å²) in [5.41, 5.74) is 9.95. The van der Waals surface area contributed by atoms with E-state index in [2.05, 4.69) is 66.7 Å². The Kier molecular flexibility index (Phi) is 6.42. The highest BCUT2D eigenvalue weighted by molar-refractivity contribution is 6.12. The second-order valence-electron chi connectivity index (χ2n) is 12.4. The second-order valence-corrected chi connectivity index (χ2v) is 12.4. The molecule has 5 heteroatoms. The summed E-state index contributed by atoms with van der Waals surface area (Å²) in [6.45, 7) is 0. The molecule has 0 unspecified atom stereocenters. The van der Waals surface area contributed by atoms with Gasteiger partial charge >= 0.3 is 0 Å². The number of hydrogen-bond acceptors (Lipinski definition) is 5. The topological polar surface area (TPSA) is 65.0 Å². The van der Waals surface area contributed by atoms with Crippen molar-refractivity contribution in [2.45, 2.75) is 0 Å². The van der Waals surface area contributed by atoms with Gasteiger partial charge in [-0.1, -0.05) is 140 Å². The van der Waals surface area contributed by atoms with Crippen molar-refractivity contribution in [3.8, 4) is 56.4 Å². The summed E-state index contributed by atoms with van der Waals surface area (Å²) in [6, 6.07) is 55.6. The molecule has 0 saturated heterocycles. The van der Waals surface area contributed by atoms with Crippen LogP contribution in [0.4, 0.5) is 0 Å². The molecule has 3 heterocycles. The minimum absolute atomic E-state index is 0.570. The van der Waals surface area contributed by atoms with Gasteiger partial charge < -0.3 is 8.83 Å². The summed E-state index contributed by atoms with van der Waals surface area (Å²) in [7, 11) is 0. The molecular weight excluding hydrogens is 615 g/mol. The van der Waals surface area contributed by atoms with E-state index in [4.69, 9.17) is 23.8 Å². The normalized spacial score (nSPS) is 11.6. The van der Waals surface area contributed by atoms with Crippen molar-refractivity contribution in [3.63, 3.8) is 0 Å². The van der Waals surface area contributed by atoms with Gasteiger partial charge in [0, 0.05) is 43.8 Å². The fourth-order valence-electron chi connectivity index (χ4n) is 7.03. The summed E-state index contributed by atoms with van der Waals surface area (Å²) < 4.78 is 12.9. The van der Waals surface area contributed by atoms with Crippen LogP contribution in [0.3, 0.4) is 0 Å². The average Bonchev–Trinajstić information content (AvgIpc) is 3.76. The van der Waals surface area contributed by atoms with Gasteiger partial charge in [0.05, 0.1) is 0 Å². The smallest absolute Gasteiger partial charge is 0.165 e. The van der Waals surface area contributed by atoms with Crippen LogP contribution in [0, 0.1) is 0 Å². The molecule has 0 fully saturated rings. The number of aromatic nitrogens is 3. The molecule has 5 nitrogen and oxygen atoms in total. The van der Waals surface area contributed by atoms with Crippen LogP contribution in [0.2, 0.25) is 0 Å². The number of furan rings is 2. The van der Waals surface area contributed by atoms with Crippen molar-refractivity contribution >= 4 is 43.9 Å². The van der Waals surface area contributed by atoms with Crippen LogP contribution in [0.5, 0.6) is 0 Å². The van der Waals surface area contributed by atoms with E-state index in [-0.39, 0.29) is 0 Å². The quantitative estimate of drug-likeness (QED) is 0.187. The molecule has 0 radical (unpaired) electrons. The SMILES string of the molecule is c1ccc(-c2nc(-c3ccccc3)nc(-c3c(-c4ccc5c(c4)oc4ccccc45)cccc3-c3cccc4c3oc3ccccc34)n2)cc1. The van der Waals surface area contributed by atoms with E-state index in [0.717, 1.165) is 82.8 Å². The highest BCUT2D eigenvalue weighted by Crippen LogP contribution is 2.44. The molecule has 0 aliphatic rings. The maximum absolute atomic E-state index is 6.58. The predicted octanol–water partition coefficient (Wildman–Crippen LogP) is 12.0. The minimum atomic E-state index is 0.570. The van der Waals surface area contributed by atoms with Crippen molar-refractivity contribution in [1.29, 1.82) is 0 Å². The fraction of sp³-hybridized carbons (Fsp3) is 0. The maximum Gasteiger partial charge on any atom is 0.165 e. The highest BCUT2D eigenvalue weighted by Gasteiger charge is 2.23. The predicted molar refractivity (Wildman–Crippen MR) is 202 cm³/mol. The van der Waals surface area contributed by atoms with Crippen molar-refractivity contribution in [3.05, 3.63) is 164 Å². The van der Waals surface area contributed by atoms with Crippen molar-refractivity contribution < 1.29 is 8.83 Å². The molecule has 7 aromatic carbocycles. The van der Waals surface area contributed by atoms with Gasteiger partial charge in [-0.15, -0.1) is 0 Å². The second kappa shape index (κ2) is 11.4. The number of para-hydroxylation sites is 3. The molecular formula is C45H27N3O2. The first-order valence-corrected chi connectivity index (χ1v) is 16.6. The molecule has 3 aromatic heterocycles. The van der Waals surface area contributed by atoms with Crippen molar-refractivity contribution in [2.75, 3.05) is 0 Å². The van der Waals surface area contributed by atoms with Crippen LogP contribution in [0.25, 0.3) is 100 Å². The minimum Gasteiger partial charge on any atom is -0.456 e. The van der Waals surface area contributed by atoms with Crippen LogP contribution in [0.1, 0.15) is 0 Å². The Morgan fingerprint density at radius 1 is 0.320 bits per heavy atom. The first kappa shape index (κ1) is 28.2. The Hall–Kier alpha value is -6.85. The van der Waals surface area contributed by atoms with Crippen molar-refractivity contribution in [1.82, 2.24) is 15.0 Å². The molecule has 50 heavy (non-hydrogen) atoms. The van der Waals surface area contributed by atoms with Gasteiger partial charge in [-0.25, -0.2) is 15.0 Å². The van der Waals surface area contributed by atoms with E-state index >= 15 is 0 Å².